The van der Waals surface area contributed by atoms with Crippen LogP contribution >= 0.6 is 0 Å². The molecule has 0 radical (unpaired) electrons. The van der Waals surface area contributed by atoms with Crippen LogP contribution in [0.1, 0.15) is 22.8 Å². The van der Waals surface area contributed by atoms with Gasteiger partial charge in [0.15, 0.2) is 9.84 Å². The van der Waals surface area contributed by atoms with Crippen LogP contribution in [0.2, 0.25) is 0 Å². The van der Waals surface area contributed by atoms with E-state index in [9.17, 15) is 13.2 Å². The lowest BCUT2D eigenvalue weighted by atomic mass is 10.1. The van der Waals surface area contributed by atoms with Gasteiger partial charge in [0.1, 0.15) is 0 Å². The highest BCUT2D eigenvalue weighted by atomic mass is 32.2. The van der Waals surface area contributed by atoms with Crippen molar-refractivity contribution in [2.45, 2.75) is 18.2 Å². The minimum atomic E-state index is -3.32. The fourth-order valence-electron chi connectivity index (χ4n) is 1.58. The zero-order valence-electron chi connectivity index (χ0n) is 9.48. The number of ether oxygens (including phenoxy) is 1. The first-order chi connectivity index (χ1) is 7.41. The molecule has 1 rings (SSSR count). The molecule has 0 spiro atoms. The van der Waals surface area contributed by atoms with Crippen LogP contribution in [0.25, 0.3) is 0 Å². The van der Waals surface area contributed by atoms with Gasteiger partial charge < -0.3 is 4.74 Å². The minimum Gasteiger partial charge on any atom is -0.465 e. The maximum absolute atomic E-state index is 11.5. The molecule has 0 aliphatic heterocycles. The zero-order valence-corrected chi connectivity index (χ0v) is 10.3. The molecule has 1 aromatic rings. The van der Waals surface area contributed by atoms with Crippen molar-refractivity contribution in [3.8, 4) is 0 Å². The van der Waals surface area contributed by atoms with Crippen molar-refractivity contribution < 1.29 is 17.9 Å². The smallest absolute Gasteiger partial charge is 0.338 e. The molecule has 0 aliphatic rings. The molecule has 0 aromatic heterocycles. The van der Waals surface area contributed by atoms with E-state index in [1.165, 1.54) is 13.2 Å². The van der Waals surface area contributed by atoms with Crippen LogP contribution in [0.3, 0.4) is 0 Å². The van der Waals surface area contributed by atoms with Gasteiger partial charge in [0.05, 0.1) is 17.6 Å². The standard InChI is InChI=1S/C11H14O4S/c1-4-8-9(11(12)15-2)6-5-7-10(8)16(3,13)14/h5-7H,4H2,1-3H3. The normalized spacial score (nSPS) is 11.2. The summed E-state index contributed by atoms with van der Waals surface area (Å²) in [5, 5.41) is 0. The van der Waals surface area contributed by atoms with Gasteiger partial charge in [0.25, 0.3) is 0 Å². The summed E-state index contributed by atoms with van der Waals surface area (Å²) in [7, 11) is -2.04. The van der Waals surface area contributed by atoms with Crippen molar-refractivity contribution in [2.24, 2.45) is 0 Å². The summed E-state index contributed by atoms with van der Waals surface area (Å²) in [4.78, 5) is 11.6. The third-order valence-electron chi connectivity index (χ3n) is 2.29. The van der Waals surface area contributed by atoms with E-state index >= 15 is 0 Å². The summed E-state index contributed by atoms with van der Waals surface area (Å²) in [5.41, 5.74) is 0.824. The Balaban J connectivity index is 3.50. The number of benzene rings is 1. The third kappa shape index (κ3) is 2.41. The largest absolute Gasteiger partial charge is 0.465 e. The van der Waals surface area contributed by atoms with Gasteiger partial charge in [-0.2, -0.15) is 0 Å². The number of esters is 1. The minimum absolute atomic E-state index is 0.193. The number of carbonyl (C=O) groups is 1. The second-order valence-electron chi connectivity index (χ2n) is 3.40. The molecule has 0 N–H and O–H groups in total. The molecule has 1 aromatic carbocycles. The third-order valence-corrected chi connectivity index (χ3v) is 3.47. The van der Waals surface area contributed by atoms with Crippen molar-refractivity contribution in [1.82, 2.24) is 0 Å². The second kappa shape index (κ2) is 4.65. The molecular formula is C11H14O4S. The Hall–Kier alpha value is -1.36. The molecule has 0 atom stereocenters. The number of hydrogen-bond donors (Lipinski definition) is 0. The van der Waals surface area contributed by atoms with E-state index in [0.29, 0.717) is 17.5 Å². The highest BCUT2D eigenvalue weighted by Gasteiger charge is 2.19. The van der Waals surface area contributed by atoms with Gasteiger partial charge in [-0.15, -0.1) is 0 Å². The van der Waals surface area contributed by atoms with Crippen molar-refractivity contribution in [3.05, 3.63) is 29.3 Å². The molecule has 0 saturated carbocycles. The van der Waals surface area contributed by atoms with E-state index in [1.807, 2.05) is 0 Å². The van der Waals surface area contributed by atoms with E-state index in [0.717, 1.165) is 6.26 Å². The second-order valence-corrected chi connectivity index (χ2v) is 5.38. The van der Waals surface area contributed by atoms with E-state index in [4.69, 9.17) is 0 Å². The maximum Gasteiger partial charge on any atom is 0.338 e. The molecule has 0 heterocycles. The summed E-state index contributed by atoms with van der Waals surface area (Å²) in [6.07, 6.45) is 1.59. The Bertz CT molecular complexity index is 503. The fraction of sp³-hybridized carbons (Fsp3) is 0.364. The molecular weight excluding hydrogens is 228 g/mol. The maximum atomic E-state index is 11.5. The molecule has 0 unspecified atom stereocenters. The predicted octanol–water partition coefficient (Wildman–Crippen LogP) is 1.44. The van der Waals surface area contributed by atoms with E-state index in [1.54, 1.807) is 19.1 Å². The summed E-state index contributed by atoms with van der Waals surface area (Å²) in [6, 6.07) is 4.61. The Labute approximate surface area is 95.2 Å². The lowest BCUT2D eigenvalue weighted by molar-refractivity contribution is 0.0599. The van der Waals surface area contributed by atoms with E-state index in [-0.39, 0.29) is 4.90 Å². The average molecular weight is 242 g/mol. The van der Waals surface area contributed by atoms with Crippen LogP contribution in [0.4, 0.5) is 0 Å². The predicted molar refractivity (Wildman–Crippen MR) is 60.3 cm³/mol. The van der Waals surface area contributed by atoms with Crippen LogP contribution < -0.4 is 0 Å². The summed E-state index contributed by atoms with van der Waals surface area (Å²) >= 11 is 0. The topological polar surface area (TPSA) is 60.4 Å². The molecule has 5 heteroatoms. The van der Waals surface area contributed by atoms with Gasteiger partial charge in [0.2, 0.25) is 0 Å². The fourth-order valence-corrected chi connectivity index (χ4v) is 2.61. The molecule has 0 fully saturated rings. The Morgan fingerprint density at radius 2 is 2.00 bits per heavy atom. The van der Waals surface area contributed by atoms with Crippen LogP contribution in [-0.4, -0.2) is 27.8 Å². The Morgan fingerprint density at radius 1 is 1.38 bits per heavy atom. The molecule has 0 amide bonds. The number of hydrogen-bond acceptors (Lipinski definition) is 4. The highest BCUT2D eigenvalue weighted by molar-refractivity contribution is 7.90. The SMILES string of the molecule is CCc1c(C(=O)OC)cccc1S(C)(=O)=O. The van der Waals surface area contributed by atoms with Crippen LogP contribution in [0, 0.1) is 0 Å². The number of sulfone groups is 1. The van der Waals surface area contributed by atoms with Crippen LogP contribution in [0.5, 0.6) is 0 Å². The summed E-state index contributed by atoms with van der Waals surface area (Å²) < 4.78 is 27.7. The molecule has 0 saturated heterocycles. The molecule has 88 valence electrons. The monoisotopic (exact) mass is 242 g/mol. The van der Waals surface area contributed by atoms with Crippen molar-refractivity contribution in [1.29, 1.82) is 0 Å². The number of carbonyl (C=O) groups excluding carboxylic acids is 1. The highest BCUT2D eigenvalue weighted by Crippen LogP contribution is 2.21. The van der Waals surface area contributed by atoms with Crippen molar-refractivity contribution in [3.63, 3.8) is 0 Å². The molecule has 0 bridgehead atoms. The summed E-state index contributed by atoms with van der Waals surface area (Å²) in [6.45, 7) is 1.80. The molecule has 4 nitrogen and oxygen atoms in total. The van der Waals surface area contributed by atoms with Gasteiger partial charge in [0, 0.05) is 6.26 Å². The number of methoxy groups -OCH3 is 1. The van der Waals surface area contributed by atoms with Crippen LogP contribution in [-0.2, 0) is 21.0 Å². The van der Waals surface area contributed by atoms with Gasteiger partial charge in [-0.1, -0.05) is 13.0 Å². The molecule has 0 aliphatic carbocycles. The lowest BCUT2D eigenvalue weighted by Gasteiger charge is -2.10. The average Bonchev–Trinajstić information content (AvgIpc) is 2.25. The Morgan fingerprint density at radius 3 is 2.44 bits per heavy atom. The quantitative estimate of drug-likeness (QED) is 0.752. The van der Waals surface area contributed by atoms with Crippen molar-refractivity contribution >= 4 is 15.8 Å². The van der Waals surface area contributed by atoms with Gasteiger partial charge in [-0.3, -0.25) is 0 Å². The zero-order chi connectivity index (χ0) is 12.3. The molecule has 16 heavy (non-hydrogen) atoms. The van der Waals surface area contributed by atoms with Gasteiger partial charge in [-0.25, -0.2) is 13.2 Å². The lowest BCUT2D eigenvalue weighted by Crippen LogP contribution is -2.10. The van der Waals surface area contributed by atoms with E-state index in [2.05, 4.69) is 4.74 Å². The van der Waals surface area contributed by atoms with Crippen LogP contribution in [0.15, 0.2) is 23.1 Å². The van der Waals surface area contributed by atoms with Gasteiger partial charge >= 0.3 is 5.97 Å². The van der Waals surface area contributed by atoms with Crippen molar-refractivity contribution in [2.75, 3.05) is 13.4 Å². The van der Waals surface area contributed by atoms with Gasteiger partial charge in [-0.05, 0) is 24.1 Å². The first kappa shape index (κ1) is 12.7. The van der Waals surface area contributed by atoms with E-state index < -0.39 is 15.8 Å². The summed E-state index contributed by atoms with van der Waals surface area (Å²) in [5.74, 6) is -0.512. The first-order valence-electron chi connectivity index (χ1n) is 4.82. The Kier molecular flexibility index (Phi) is 3.70. The number of rotatable bonds is 3. The first-order valence-corrected chi connectivity index (χ1v) is 6.71.